The topological polar surface area (TPSA) is 87.0 Å². The van der Waals surface area contributed by atoms with Crippen LogP contribution < -0.4 is 4.74 Å². The van der Waals surface area contributed by atoms with Gasteiger partial charge < -0.3 is 9.15 Å². The Hall–Kier alpha value is -4.39. The van der Waals surface area contributed by atoms with E-state index < -0.39 is 0 Å². The van der Waals surface area contributed by atoms with Gasteiger partial charge in [0.1, 0.15) is 34.8 Å². The first-order chi connectivity index (χ1) is 15.6. The largest absolute Gasteiger partial charge is 0.497 e. The van der Waals surface area contributed by atoms with Crippen molar-refractivity contribution in [2.45, 2.75) is 0 Å². The molecule has 0 fully saturated rings. The molecule has 0 N–H and O–H groups in total. The highest BCUT2D eigenvalue weighted by Gasteiger charge is 2.32. The first-order valence-electron chi connectivity index (χ1n) is 9.71. The fourth-order valence-electron chi connectivity index (χ4n) is 3.81. The van der Waals surface area contributed by atoms with Crippen LogP contribution in [0.4, 0.5) is 0 Å². The third-order valence-electron chi connectivity index (χ3n) is 5.32. The molecular formula is C26H14N2O3S. The van der Waals surface area contributed by atoms with Gasteiger partial charge in [-0.15, -0.1) is 11.3 Å². The quantitative estimate of drug-likeness (QED) is 0.281. The van der Waals surface area contributed by atoms with Crippen molar-refractivity contribution in [1.82, 2.24) is 0 Å². The van der Waals surface area contributed by atoms with Crippen LogP contribution in [0.25, 0.3) is 33.3 Å². The molecule has 2 heterocycles. The van der Waals surface area contributed by atoms with Gasteiger partial charge in [0.2, 0.25) is 0 Å². The first kappa shape index (κ1) is 19.6. The van der Waals surface area contributed by atoms with Gasteiger partial charge in [-0.1, -0.05) is 24.3 Å². The number of nitriles is 2. The molecule has 4 aromatic rings. The van der Waals surface area contributed by atoms with E-state index in [9.17, 15) is 15.3 Å². The van der Waals surface area contributed by atoms with Gasteiger partial charge in [0.05, 0.1) is 11.8 Å². The zero-order valence-electron chi connectivity index (χ0n) is 16.9. The summed E-state index contributed by atoms with van der Waals surface area (Å²) >= 11 is 1.48. The summed E-state index contributed by atoms with van der Waals surface area (Å²) in [5.41, 5.74) is 3.43. The average molecular weight is 434 g/mol. The van der Waals surface area contributed by atoms with Crippen LogP contribution in [0.3, 0.4) is 0 Å². The lowest BCUT2D eigenvalue weighted by molar-refractivity contribution is 0.104. The Morgan fingerprint density at radius 1 is 1.03 bits per heavy atom. The van der Waals surface area contributed by atoms with Crippen molar-refractivity contribution in [3.05, 3.63) is 87.8 Å². The number of nitrogens with zero attached hydrogens (tertiary/aromatic N) is 2. The molecule has 0 radical (unpaired) electrons. The van der Waals surface area contributed by atoms with Gasteiger partial charge in [0.25, 0.3) is 0 Å². The van der Waals surface area contributed by atoms with Gasteiger partial charge in [0.15, 0.2) is 5.78 Å². The summed E-state index contributed by atoms with van der Waals surface area (Å²) in [6.07, 6.45) is 1.74. The summed E-state index contributed by atoms with van der Waals surface area (Å²) in [6.45, 7) is 0. The third-order valence-corrected chi connectivity index (χ3v) is 6.33. The fraction of sp³-hybridized carbons (Fsp3) is 0.0385. The number of carbonyl (C=O) groups excluding carboxylic acids is 1. The van der Waals surface area contributed by atoms with Gasteiger partial charge in [-0.2, -0.15) is 10.5 Å². The maximum absolute atomic E-state index is 13.0. The molecule has 0 atom stereocenters. The number of methoxy groups -OCH3 is 1. The number of ketones is 1. The molecule has 0 bridgehead atoms. The first-order valence-corrected chi connectivity index (χ1v) is 10.5. The summed E-state index contributed by atoms with van der Waals surface area (Å²) in [4.78, 5) is 13.9. The van der Waals surface area contributed by atoms with Crippen molar-refractivity contribution in [2.75, 3.05) is 7.11 Å². The van der Waals surface area contributed by atoms with E-state index in [0.717, 1.165) is 26.7 Å². The smallest absolute Gasteiger partial charge is 0.194 e. The summed E-state index contributed by atoms with van der Waals surface area (Å²) in [5.74, 6) is 1.33. The van der Waals surface area contributed by atoms with E-state index in [-0.39, 0.29) is 11.4 Å². The predicted octanol–water partition coefficient (Wildman–Crippen LogP) is 6.25. The van der Waals surface area contributed by atoms with Crippen molar-refractivity contribution in [2.24, 2.45) is 0 Å². The number of benzene rings is 2. The van der Waals surface area contributed by atoms with Gasteiger partial charge in [-0.25, -0.2) is 0 Å². The van der Waals surface area contributed by atoms with Gasteiger partial charge in [-0.05, 0) is 42.0 Å². The van der Waals surface area contributed by atoms with Crippen molar-refractivity contribution in [3.63, 3.8) is 0 Å². The van der Waals surface area contributed by atoms with E-state index in [2.05, 4.69) is 0 Å². The molecule has 0 amide bonds. The van der Waals surface area contributed by atoms with Crippen molar-refractivity contribution in [3.8, 4) is 29.2 Å². The van der Waals surface area contributed by atoms with Crippen molar-refractivity contribution in [1.29, 1.82) is 10.5 Å². The molecule has 32 heavy (non-hydrogen) atoms. The van der Waals surface area contributed by atoms with Gasteiger partial charge >= 0.3 is 0 Å². The number of ether oxygens (including phenoxy) is 1. The normalized spacial score (nSPS) is 13.8. The van der Waals surface area contributed by atoms with Gasteiger partial charge in [-0.3, -0.25) is 4.79 Å². The molecule has 1 aliphatic carbocycles. The monoisotopic (exact) mass is 434 g/mol. The fourth-order valence-corrected chi connectivity index (χ4v) is 4.78. The maximum atomic E-state index is 13.0. The molecule has 6 heteroatoms. The summed E-state index contributed by atoms with van der Waals surface area (Å²) in [7, 11) is 1.62. The number of thiophene rings is 1. The molecule has 0 spiro atoms. The Bertz CT molecular complexity index is 1490. The van der Waals surface area contributed by atoms with E-state index in [1.165, 1.54) is 11.3 Å². The molecule has 2 aromatic heterocycles. The lowest BCUT2D eigenvalue weighted by atomic mass is 9.99. The van der Waals surface area contributed by atoms with Crippen molar-refractivity contribution < 1.29 is 13.9 Å². The number of hydrogen-bond acceptors (Lipinski definition) is 6. The number of allylic oxidation sites excluding steroid dienone is 3. The zero-order valence-corrected chi connectivity index (χ0v) is 17.7. The van der Waals surface area contributed by atoms with Crippen LogP contribution in [0.5, 0.6) is 5.75 Å². The molecule has 1 aliphatic rings. The average Bonchev–Trinajstić information content (AvgIpc) is 3.47. The third kappa shape index (κ3) is 3.11. The molecular weight excluding hydrogens is 420 g/mol. The molecule has 152 valence electrons. The Kier molecular flexibility index (Phi) is 4.71. The van der Waals surface area contributed by atoms with Crippen LogP contribution in [0, 0.1) is 22.7 Å². The number of carbonyl (C=O) groups is 1. The number of Topliss-reactive ketones (excluding diaryl/α,β-unsaturated/α-hetero) is 1. The zero-order chi connectivity index (χ0) is 22.2. The molecule has 5 nitrogen and oxygen atoms in total. The highest BCUT2D eigenvalue weighted by atomic mass is 32.1. The summed E-state index contributed by atoms with van der Waals surface area (Å²) < 4.78 is 12.2. The minimum Gasteiger partial charge on any atom is -0.497 e. The molecule has 2 aromatic carbocycles. The molecule has 0 unspecified atom stereocenters. The Balaban J connectivity index is 1.57. The van der Waals surface area contributed by atoms with Crippen LogP contribution in [-0.4, -0.2) is 12.9 Å². The maximum Gasteiger partial charge on any atom is 0.194 e. The second kappa shape index (κ2) is 7.70. The summed E-state index contributed by atoms with van der Waals surface area (Å²) in [6, 6.07) is 22.3. The van der Waals surface area contributed by atoms with E-state index in [1.54, 1.807) is 37.5 Å². The molecule has 0 saturated carbocycles. The molecule has 5 rings (SSSR count). The minimum absolute atomic E-state index is 0.0726. The Morgan fingerprint density at radius 2 is 1.75 bits per heavy atom. The second-order valence-corrected chi connectivity index (χ2v) is 8.24. The van der Waals surface area contributed by atoms with Gasteiger partial charge in [0, 0.05) is 33.2 Å². The number of hydrogen-bond donors (Lipinski definition) is 0. The number of fused-ring (bicyclic) bond motifs is 2. The molecule has 0 aliphatic heterocycles. The SMILES string of the molecule is COc1ccc(-c2cc3sc(/C=C4\C(=O)c5ccccc5C4=C(C#N)C#N)cc3o2)cc1. The van der Waals surface area contributed by atoms with E-state index in [1.807, 2.05) is 48.5 Å². The van der Waals surface area contributed by atoms with Crippen molar-refractivity contribution >= 4 is 39.1 Å². The number of rotatable bonds is 3. The standard InChI is InChI=1S/C26H14N2O3S/c1-30-17-8-6-15(7-9-17)22-12-24-23(31-22)11-18(32-24)10-21-25(16(13-27)14-28)19-4-2-3-5-20(19)26(21)29/h2-12H,1H3/b21-10-. The summed E-state index contributed by atoms with van der Waals surface area (Å²) in [5, 5.41) is 18.9. The Labute approximate surface area is 187 Å². The van der Waals surface area contributed by atoms with Crippen LogP contribution in [0.15, 0.2) is 76.2 Å². The highest BCUT2D eigenvalue weighted by Crippen LogP contribution is 2.41. The second-order valence-electron chi connectivity index (χ2n) is 7.12. The lowest BCUT2D eigenvalue weighted by Gasteiger charge is -2.01. The minimum atomic E-state index is -0.192. The van der Waals surface area contributed by atoms with E-state index in [0.29, 0.717) is 27.9 Å². The lowest BCUT2D eigenvalue weighted by Crippen LogP contribution is -1.95. The Morgan fingerprint density at radius 3 is 2.41 bits per heavy atom. The van der Waals surface area contributed by atoms with E-state index >= 15 is 0 Å². The molecule has 0 saturated heterocycles. The van der Waals surface area contributed by atoms with Crippen LogP contribution in [0.1, 0.15) is 20.8 Å². The number of furan rings is 1. The highest BCUT2D eigenvalue weighted by molar-refractivity contribution is 7.19. The van der Waals surface area contributed by atoms with Crippen LogP contribution in [0.2, 0.25) is 0 Å². The van der Waals surface area contributed by atoms with Crippen LogP contribution in [-0.2, 0) is 0 Å². The van der Waals surface area contributed by atoms with Crippen LogP contribution >= 0.6 is 11.3 Å². The predicted molar refractivity (Wildman–Crippen MR) is 123 cm³/mol. The van der Waals surface area contributed by atoms with E-state index in [4.69, 9.17) is 9.15 Å².